The summed E-state index contributed by atoms with van der Waals surface area (Å²) in [6, 6.07) is 0. The van der Waals surface area contributed by atoms with E-state index in [0.29, 0.717) is 0 Å². The number of rotatable bonds is 9. The molecule has 0 radical (unpaired) electrons. The van der Waals surface area contributed by atoms with Crippen molar-refractivity contribution in [2.24, 2.45) is 0 Å². The van der Waals surface area contributed by atoms with Crippen molar-refractivity contribution in [2.45, 2.75) is 77.7 Å². The molecule has 0 aromatic rings. The van der Waals surface area contributed by atoms with E-state index in [4.69, 9.17) is 14.7 Å². The van der Waals surface area contributed by atoms with Crippen molar-refractivity contribution in [1.29, 1.82) is 0 Å². The maximum Gasteiger partial charge on any atom is 0.319 e. The molecule has 114 valence electrons. The second-order valence-corrected chi connectivity index (χ2v) is 7.01. The molecule has 19 heavy (non-hydrogen) atoms. The minimum absolute atomic E-state index is 0. The molecule has 0 aliphatic carbocycles. The van der Waals surface area contributed by atoms with Gasteiger partial charge in [0.2, 0.25) is 0 Å². The third-order valence-electron chi connectivity index (χ3n) is 2.53. The molecular formula is C12H29O4PSZn. The van der Waals surface area contributed by atoms with Gasteiger partial charge >= 0.3 is 6.72 Å². The molecule has 0 aliphatic rings. The molecule has 0 heterocycles. The Bertz CT molecular complexity index is 206. The zero-order valence-electron chi connectivity index (χ0n) is 12.3. The van der Waals surface area contributed by atoms with Gasteiger partial charge in [-0.15, -0.1) is 0 Å². The smallest absolute Gasteiger partial charge is 0.319 e. The molecule has 1 atom stereocenters. The molecule has 1 unspecified atom stereocenters. The van der Waals surface area contributed by atoms with E-state index in [1.165, 1.54) is 44.9 Å². The Labute approximate surface area is 135 Å². The van der Waals surface area contributed by atoms with Crippen LogP contribution in [0, 0.1) is 0 Å². The fourth-order valence-corrected chi connectivity index (χ4v) is 1.57. The predicted octanol–water partition coefficient (Wildman–Crippen LogP) is 3.08. The quantitative estimate of drug-likeness (QED) is 0.287. The summed E-state index contributed by atoms with van der Waals surface area (Å²) in [5.74, 6) is 0. The summed E-state index contributed by atoms with van der Waals surface area (Å²) in [6.07, 6.45) is 10.9. The van der Waals surface area contributed by atoms with Gasteiger partial charge < -0.3 is 19.8 Å². The Morgan fingerprint density at radius 2 is 1.21 bits per heavy atom. The Hall–Kier alpha value is 1.11. The van der Waals surface area contributed by atoms with E-state index >= 15 is 0 Å². The van der Waals surface area contributed by atoms with E-state index in [0.717, 1.165) is 12.8 Å². The van der Waals surface area contributed by atoms with Crippen LogP contribution in [0.4, 0.5) is 0 Å². The summed E-state index contributed by atoms with van der Waals surface area (Å²) in [7, 11) is 0. The Kier molecular flexibility index (Phi) is 22.7. The first kappa shape index (κ1) is 25.1. The molecule has 4 nitrogen and oxygen atoms in total. The van der Waals surface area contributed by atoms with E-state index < -0.39 is 6.72 Å². The average molecular weight is 366 g/mol. The summed E-state index contributed by atoms with van der Waals surface area (Å²) in [4.78, 5) is 22.7. The molecule has 4 N–H and O–H groups in total. The van der Waals surface area contributed by atoms with Crippen molar-refractivity contribution in [2.75, 3.05) is 0 Å². The predicted molar refractivity (Wildman–Crippen MR) is 79.8 cm³/mol. The van der Waals surface area contributed by atoms with Crippen molar-refractivity contribution in [1.82, 2.24) is 0 Å². The van der Waals surface area contributed by atoms with Crippen molar-refractivity contribution in [3.05, 3.63) is 0 Å². The number of hydrogen-bond acceptors (Lipinski definition) is 2. The molecule has 0 fully saturated rings. The van der Waals surface area contributed by atoms with Gasteiger partial charge in [0.15, 0.2) is 0 Å². The fraction of sp³-hybridized carbons (Fsp3) is 1.00. The van der Waals surface area contributed by atoms with E-state index in [1.54, 1.807) is 0 Å². The molecule has 0 bridgehead atoms. The second-order valence-electron chi connectivity index (χ2n) is 4.51. The summed E-state index contributed by atoms with van der Waals surface area (Å²) in [6.45, 7) is 0.601. The Balaban J connectivity index is -0.000000366. The van der Waals surface area contributed by atoms with Gasteiger partial charge in [-0.05, 0) is 24.6 Å². The SMILES string of the molecule is CCCCCCCC(O)CCCC.OP(O)(O)=S.[Zn]. The van der Waals surface area contributed by atoms with Crippen molar-refractivity contribution < 1.29 is 39.3 Å². The molecule has 0 aromatic heterocycles. The Morgan fingerprint density at radius 3 is 1.63 bits per heavy atom. The van der Waals surface area contributed by atoms with Crippen molar-refractivity contribution in [3.63, 3.8) is 0 Å². The molecule has 0 amide bonds. The first-order valence-corrected chi connectivity index (χ1v) is 9.43. The third-order valence-corrected chi connectivity index (χ3v) is 2.53. The van der Waals surface area contributed by atoms with Gasteiger partial charge in [0.25, 0.3) is 0 Å². The normalized spacial score (nSPS) is 12.1. The van der Waals surface area contributed by atoms with Crippen LogP contribution in [0.3, 0.4) is 0 Å². The largest absolute Gasteiger partial charge is 0.393 e. The van der Waals surface area contributed by atoms with Crippen LogP contribution in [0.1, 0.15) is 71.6 Å². The zero-order valence-corrected chi connectivity index (χ0v) is 17.0. The summed E-state index contributed by atoms with van der Waals surface area (Å²) in [5, 5.41) is 9.54. The monoisotopic (exact) mass is 364 g/mol. The summed E-state index contributed by atoms with van der Waals surface area (Å²) >= 11 is 3.60. The van der Waals surface area contributed by atoms with Gasteiger partial charge in [0.1, 0.15) is 0 Å². The number of aliphatic hydroxyl groups is 1. The van der Waals surface area contributed by atoms with Gasteiger partial charge in [0, 0.05) is 19.5 Å². The second kappa shape index (κ2) is 17.2. The molecule has 0 rings (SSSR count). The summed E-state index contributed by atoms with van der Waals surface area (Å²) < 4.78 is 0. The molecule has 0 saturated carbocycles. The number of hydrogen-bond donors (Lipinski definition) is 4. The van der Waals surface area contributed by atoms with Crippen LogP contribution in [0.15, 0.2) is 0 Å². The molecule has 0 spiro atoms. The summed E-state index contributed by atoms with van der Waals surface area (Å²) in [5.41, 5.74) is 0. The molecule has 0 aromatic carbocycles. The van der Waals surface area contributed by atoms with Gasteiger partial charge in [-0.3, -0.25) is 0 Å². The van der Waals surface area contributed by atoms with Crippen LogP contribution in [0.25, 0.3) is 0 Å². The van der Waals surface area contributed by atoms with Gasteiger partial charge in [0.05, 0.1) is 6.10 Å². The van der Waals surface area contributed by atoms with Crippen LogP contribution < -0.4 is 0 Å². The fourth-order valence-electron chi connectivity index (χ4n) is 1.57. The van der Waals surface area contributed by atoms with Crippen LogP contribution >= 0.6 is 6.72 Å². The molecular weight excluding hydrogens is 337 g/mol. The maximum absolute atomic E-state index is 9.54. The number of aliphatic hydroxyl groups excluding tert-OH is 1. The van der Waals surface area contributed by atoms with E-state index in [-0.39, 0.29) is 25.6 Å². The van der Waals surface area contributed by atoms with Crippen molar-refractivity contribution >= 4 is 18.5 Å². The van der Waals surface area contributed by atoms with E-state index in [9.17, 15) is 5.11 Å². The molecule has 7 heteroatoms. The van der Waals surface area contributed by atoms with Crippen LogP contribution in [-0.4, -0.2) is 25.9 Å². The first-order chi connectivity index (χ1) is 8.31. The maximum atomic E-state index is 9.54. The standard InChI is InChI=1S/C12H26O.H3O3PS.Zn/c1-3-5-7-8-9-11-12(13)10-6-4-2;1-4(2,3)5;/h12-13H,3-11H2,1-2H3;(H3,1,2,3,5);. The van der Waals surface area contributed by atoms with Gasteiger partial charge in [-0.25, -0.2) is 0 Å². The third kappa shape index (κ3) is 38.1. The first-order valence-electron chi connectivity index (χ1n) is 6.77. The number of unbranched alkanes of at least 4 members (excludes halogenated alkanes) is 5. The van der Waals surface area contributed by atoms with E-state index in [2.05, 4.69) is 25.7 Å². The average Bonchev–Trinajstić information content (AvgIpc) is 2.24. The molecule has 0 aliphatic heterocycles. The zero-order chi connectivity index (χ0) is 14.4. The molecule has 0 saturated heterocycles. The topological polar surface area (TPSA) is 80.9 Å². The Morgan fingerprint density at radius 1 is 0.842 bits per heavy atom. The van der Waals surface area contributed by atoms with E-state index in [1.807, 2.05) is 0 Å². The van der Waals surface area contributed by atoms with Gasteiger partial charge in [-0.1, -0.05) is 58.8 Å². The van der Waals surface area contributed by atoms with Crippen LogP contribution in [0.5, 0.6) is 0 Å². The van der Waals surface area contributed by atoms with Crippen LogP contribution in [0.2, 0.25) is 0 Å². The minimum Gasteiger partial charge on any atom is -0.393 e. The van der Waals surface area contributed by atoms with Crippen LogP contribution in [-0.2, 0) is 31.3 Å². The van der Waals surface area contributed by atoms with Gasteiger partial charge in [-0.2, -0.15) is 0 Å². The van der Waals surface area contributed by atoms with Crippen molar-refractivity contribution in [3.8, 4) is 0 Å². The minimum atomic E-state index is -3.81.